The highest BCUT2D eigenvalue weighted by Crippen LogP contribution is 2.09. The molecule has 0 aliphatic rings. The molecule has 0 saturated heterocycles. The molecule has 2 amide bonds. The number of nitrogens with one attached hydrogen (secondary N) is 3. The molecule has 0 heterocycles. The Labute approximate surface area is 136 Å². The van der Waals surface area contributed by atoms with Crippen LogP contribution in [-0.2, 0) is 4.79 Å². The zero-order valence-electron chi connectivity index (χ0n) is 13.2. The van der Waals surface area contributed by atoms with Gasteiger partial charge in [0.25, 0.3) is 5.91 Å². The van der Waals surface area contributed by atoms with Crippen LogP contribution in [0.1, 0.15) is 44.0 Å². The third-order valence-corrected chi connectivity index (χ3v) is 3.19. The van der Waals surface area contributed by atoms with Crippen molar-refractivity contribution in [3.05, 3.63) is 29.8 Å². The van der Waals surface area contributed by atoms with Gasteiger partial charge < -0.3 is 16.0 Å². The molecule has 0 fully saturated rings. The summed E-state index contributed by atoms with van der Waals surface area (Å²) < 4.78 is 0. The molecule has 1 aromatic rings. The van der Waals surface area contributed by atoms with Gasteiger partial charge in [-0.2, -0.15) is 0 Å². The Morgan fingerprint density at radius 1 is 1.18 bits per heavy atom. The maximum absolute atomic E-state index is 11.9. The summed E-state index contributed by atoms with van der Waals surface area (Å²) >= 11 is 5.06. The van der Waals surface area contributed by atoms with E-state index >= 15 is 0 Å². The lowest BCUT2D eigenvalue weighted by atomic mass is 10.2. The highest BCUT2D eigenvalue weighted by atomic mass is 32.1. The molecule has 0 saturated carbocycles. The third kappa shape index (κ3) is 6.22. The van der Waals surface area contributed by atoms with Crippen molar-refractivity contribution in [1.29, 1.82) is 0 Å². The minimum atomic E-state index is -0.135. The zero-order valence-corrected chi connectivity index (χ0v) is 14.0. The monoisotopic (exact) mass is 321 g/mol. The van der Waals surface area contributed by atoms with E-state index in [9.17, 15) is 9.59 Å². The van der Waals surface area contributed by atoms with E-state index in [2.05, 4.69) is 22.9 Å². The first-order valence-corrected chi connectivity index (χ1v) is 7.85. The van der Waals surface area contributed by atoms with E-state index in [0.29, 0.717) is 12.1 Å². The van der Waals surface area contributed by atoms with Crippen molar-refractivity contribution in [2.45, 2.75) is 33.6 Å². The van der Waals surface area contributed by atoms with E-state index in [4.69, 9.17) is 12.2 Å². The van der Waals surface area contributed by atoms with E-state index < -0.39 is 0 Å². The number of carbonyl (C=O) groups excluding carboxylic acids is 2. The van der Waals surface area contributed by atoms with Gasteiger partial charge in [-0.3, -0.25) is 9.59 Å². The van der Waals surface area contributed by atoms with Crippen molar-refractivity contribution in [2.24, 2.45) is 5.92 Å². The number of carbonyl (C=O) groups is 2. The second kappa shape index (κ2) is 9.15. The second-order valence-corrected chi connectivity index (χ2v) is 5.69. The summed E-state index contributed by atoms with van der Waals surface area (Å²) in [7, 11) is 0. The van der Waals surface area contributed by atoms with E-state index in [0.717, 1.165) is 18.5 Å². The molecule has 1 aromatic carbocycles. The standard InChI is InChI=1S/C16H23N3O2S/c1-4-5-10-17-15(21)12-6-8-13(9-7-12)18-16(22)19-14(20)11(2)3/h6-9,11H,4-5,10H2,1-3H3,(H,17,21)(H2,18,19,20,22). The van der Waals surface area contributed by atoms with Gasteiger partial charge >= 0.3 is 0 Å². The summed E-state index contributed by atoms with van der Waals surface area (Å²) in [5, 5.41) is 8.62. The molecular weight excluding hydrogens is 298 g/mol. The molecule has 5 nitrogen and oxygen atoms in total. The van der Waals surface area contributed by atoms with Gasteiger partial charge in [0.15, 0.2) is 5.11 Å². The Kier molecular flexibility index (Phi) is 7.52. The van der Waals surface area contributed by atoms with Crippen LogP contribution in [0.25, 0.3) is 0 Å². The number of unbranched alkanes of at least 4 members (excludes halogenated alkanes) is 1. The molecule has 0 aromatic heterocycles. The van der Waals surface area contributed by atoms with E-state index in [-0.39, 0.29) is 22.8 Å². The predicted octanol–water partition coefficient (Wildman–Crippen LogP) is 2.69. The van der Waals surface area contributed by atoms with E-state index in [1.54, 1.807) is 38.1 Å². The van der Waals surface area contributed by atoms with Gasteiger partial charge in [-0.1, -0.05) is 27.2 Å². The van der Waals surface area contributed by atoms with Gasteiger partial charge in [0.2, 0.25) is 5.91 Å². The van der Waals surface area contributed by atoms with Crippen molar-refractivity contribution in [3.8, 4) is 0 Å². The van der Waals surface area contributed by atoms with Crippen LogP contribution >= 0.6 is 12.2 Å². The molecule has 0 aliphatic carbocycles. The molecule has 3 N–H and O–H groups in total. The van der Waals surface area contributed by atoms with Crippen molar-refractivity contribution < 1.29 is 9.59 Å². The average Bonchev–Trinajstić information content (AvgIpc) is 2.47. The van der Waals surface area contributed by atoms with Crippen LogP contribution in [0, 0.1) is 5.92 Å². The Hall–Kier alpha value is -1.95. The Bertz CT molecular complexity index is 527. The average molecular weight is 321 g/mol. The normalized spacial score (nSPS) is 10.2. The number of benzene rings is 1. The van der Waals surface area contributed by atoms with Crippen LogP contribution in [0.4, 0.5) is 5.69 Å². The molecular formula is C16H23N3O2S. The number of hydrogen-bond donors (Lipinski definition) is 3. The topological polar surface area (TPSA) is 70.2 Å². The van der Waals surface area contributed by atoms with Crippen LogP contribution in [0.3, 0.4) is 0 Å². The second-order valence-electron chi connectivity index (χ2n) is 5.28. The molecule has 0 spiro atoms. The number of hydrogen-bond acceptors (Lipinski definition) is 3. The number of thiocarbonyl (C=S) groups is 1. The maximum atomic E-state index is 11.9. The van der Waals surface area contributed by atoms with E-state index in [1.807, 2.05) is 0 Å². The Balaban J connectivity index is 2.52. The lowest BCUT2D eigenvalue weighted by Crippen LogP contribution is -2.36. The molecule has 0 unspecified atom stereocenters. The fraction of sp³-hybridized carbons (Fsp3) is 0.438. The maximum Gasteiger partial charge on any atom is 0.251 e. The fourth-order valence-electron chi connectivity index (χ4n) is 1.60. The minimum Gasteiger partial charge on any atom is -0.352 e. The first kappa shape index (κ1) is 18.1. The van der Waals surface area contributed by atoms with Crippen molar-refractivity contribution in [3.63, 3.8) is 0 Å². The van der Waals surface area contributed by atoms with Crippen LogP contribution in [0.5, 0.6) is 0 Å². The fourth-order valence-corrected chi connectivity index (χ4v) is 1.82. The number of amides is 2. The van der Waals surface area contributed by atoms with Gasteiger partial charge in [0.1, 0.15) is 0 Å². The number of rotatable bonds is 6. The summed E-state index contributed by atoms with van der Waals surface area (Å²) in [5.74, 6) is -0.353. The van der Waals surface area contributed by atoms with Crippen LogP contribution in [-0.4, -0.2) is 23.5 Å². The highest BCUT2D eigenvalue weighted by molar-refractivity contribution is 7.80. The summed E-state index contributed by atoms with van der Waals surface area (Å²) in [6.07, 6.45) is 2.01. The SMILES string of the molecule is CCCCNC(=O)c1ccc(NC(=S)NC(=O)C(C)C)cc1. The summed E-state index contributed by atoms with van der Waals surface area (Å²) in [6, 6.07) is 6.94. The van der Waals surface area contributed by atoms with Gasteiger partial charge in [0.05, 0.1) is 0 Å². The molecule has 1 rings (SSSR count). The van der Waals surface area contributed by atoms with Crippen molar-refractivity contribution in [2.75, 3.05) is 11.9 Å². The molecule has 6 heteroatoms. The molecule has 0 bridgehead atoms. The molecule has 0 aliphatic heterocycles. The van der Waals surface area contributed by atoms with Gasteiger partial charge in [0, 0.05) is 23.7 Å². The molecule has 120 valence electrons. The lowest BCUT2D eigenvalue weighted by Gasteiger charge is -2.11. The smallest absolute Gasteiger partial charge is 0.251 e. The lowest BCUT2D eigenvalue weighted by molar-refractivity contribution is -0.122. The Morgan fingerprint density at radius 2 is 1.82 bits per heavy atom. The molecule has 0 atom stereocenters. The molecule has 0 radical (unpaired) electrons. The largest absolute Gasteiger partial charge is 0.352 e. The summed E-state index contributed by atoms with van der Waals surface area (Å²) in [5.41, 5.74) is 1.32. The van der Waals surface area contributed by atoms with Crippen LogP contribution in [0.15, 0.2) is 24.3 Å². The number of anilines is 1. The summed E-state index contributed by atoms with van der Waals surface area (Å²) in [4.78, 5) is 23.4. The highest BCUT2D eigenvalue weighted by Gasteiger charge is 2.09. The predicted molar refractivity (Wildman–Crippen MR) is 92.9 cm³/mol. The van der Waals surface area contributed by atoms with Crippen LogP contribution < -0.4 is 16.0 Å². The minimum absolute atomic E-state index is 0.0873. The first-order valence-electron chi connectivity index (χ1n) is 7.44. The van der Waals surface area contributed by atoms with Crippen LogP contribution in [0.2, 0.25) is 0 Å². The zero-order chi connectivity index (χ0) is 16.5. The van der Waals surface area contributed by atoms with Crippen molar-refractivity contribution >= 4 is 34.8 Å². The van der Waals surface area contributed by atoms with Gasteiger partial charge in [-0.25, -0.2) is 0 Å². The quantitative estimate of drug-likeness (QED) is 0.556. The molecule has 22 heavy (non-hydrogen) atoms. The third-order valence-electron chi connectivity index (χ3n) is 2.98. The van der Waals surface area contributed by atoms with E-state index in [1.165, 1.54) is 0 Å². The Morgan fingerprint density at radius 3 is 2.36 bits per heavy atom. The van der Waals surface area contributed by atoms with Crippen molar-refractivity contribution in [1.82, 2.24) is 10.6 Å². The van der Waals surface area contributed by atoms with Gasteiger partial charge in [-0.05, 0) is 42.9 Å². The first-order chi connectivity index (χ1) is 10.4. The van der Waals surface area contributed by atoms with Gasteiger partial charge in [-0.15, -0.1) is 0 Å². The summed E-state index contributed by atoms with van der Waals surface area (Å²) in [6.45, 7) is 6.35.